The summed E-state index contributed by atoms with van der Waals surface area (Å²) in [5.41, 5.74) is 2.38. The van der Waals surface area contributed by atoms with Crippen LogP contribution in [-0.4, -0.2) is 29.8 Å². The minimum Gasteiger partial charge on any atom is -0.497 e. The van der Waals surface area contributed by atoms with Gasteiger partial charge < -0.3 is 14.1 Å². The first-order chi connectivity index (χ1) is 13.5. The van der Waals surface area contributed by atoms with Gasteiger partial charge in [0.2, 0.25) is 5.91 Å². The second-order valence-electron chi connectivity index (χ2n) is 6.60. The fraction of sp³-hybridized carbons (Fsp3) is 0.190. The lowest BCUT2D eigenvalue weighted by Gasteiger charge is -2.18. The van der Waals surface area contributed by atoms with Crippen LogP contribution in [0.3, 0.4) is 0 Å². The summed E-state index contributed by atoms with van der Waals surface area (Å²) >= 11 is 0. The Balaban J connectivity index is 1.73. The van der Waals surface area contributed by atoms with Crippen molar-refractivity contribution in [1.29, 1.82) is 0 Å². The van der Waals surface area contributed by atoms with Gasteiger partial charge in [0.05, 0.1) is 18.8 Å². The first-order valence-corrected chi connectivity index (χ1v) is 8.77. The molecule has 0 bridgehead atoms. The lowest BCUT2D eigenvalue weighted by atomic mass is 10.1. The fourth-order valence-electron chi connectivity index (χ4n) is 3.20. The number of hydrogen-bond acceptors (Lipinski definition) is 5. The highest BCUT2D eigenvalue weighted by Crippen LogP contribution is 2.24. The average Bonchev–Trinajstić information content (AvgIpc) is 3.12. The zero-order valence-electron chi connectivity index (χ0n) is 15.8. The second-order valence-corrected chi connectivity index (χ2v) is 6.60. The fourth-order valence-corrected chi connectivity index (χ4v) is 3.20. The van der Waals surface area contributed by atoms with Gasteiger partial charge in [0, 0.05) is 18.1 Å². The molecular weight excluding hydrogens is 358 g/mol. The Labute approximate surface area is 160 Å². The van der Waals surface area contributed by atoms with Gasteiger partial charge in [0.1, 0.15) is 23.3 Å². The highest BCUT2D eigenvalue weighted by molar-refractivity contribution is 6.03. The number of carbonyl (C=O) groups excluding carboxylic acids is 1. The van der Waals surface area contributed by atoms with Crippen LogP contribution in [0.5, 0.6) is 5.75 Å². The van der Waals surface area contributed by atoms with E-state index in [4.69, 9.17) is 9.15 Å². The van der Waals surface area contributed by atoms with Crippen molar-refractivity contribution in [3.05, 3.63) is 64.6 Å². The number of fused-ring (bicyclic) bond motifs is 3. The molecule has 7 nitrogen and oxygen atoms in total. The van der Waals surface area contributed by atoms with E-state index in [2.05, 4.69) is 5.10 Å². The van der Waals surface area contributed by atoms with Crippen LogP contribution in [0.25, 0.3) is 21.9 Å². The number of anilines is 1. The van der Waals surface area contributed by atoms with Crippen LogP contribution in [0, 0.1) is 6.92 Å². The molecule has 2 aromatic heterocycles. The van der Waals surface area contributed by atoms with Gasteiger partial charge in [-0.3, -0.25) is 9.48 Å². The molecule has 0 saturated heterocycles. The molecule has 0 saturated carbocycles. The number of likely N-dealkylation sites (N-methyl/N-ethyl adjacent to an activating group) is 1. The van der Waals surface area contributed by atoms with E-state index >= 15 is 0 Å². The molecule has 0 aliphatic rings. The van der Waals surface area contributed by atoms with E-state index in [1.165, 1.54) is 6.20 Å². The summed E-state index contributed by atoms with van der Waals surface area (Å²) in [5.74, 6) is 0.556. The van der Waals surface area contributed by atoms with E-state index in [0.29, 0.717) is 16.5 Å². The van der Waals surface area contributed by atoms with Crippen LogP contribution in [0.4, 0.5) is 5.69 Å². The summed E-state index contributed by atoms with van der Waals surface area (Å²) < 4.78 is 12.1. The molecule has 1 amide bonds. The van der Waals surface area contributed by atoms with E-state index < -0.39 is 5.63 Å². The number of carbonyl (C=O) groups is 1. The maximum absolute atomic E-state index is 12.8. The van der Waals surface area contributed by atoms with Crippen LogP contribution in [0.1, 0.15) is 5.56 Å². The molecular formula is C21H19N3O4. The van der Waals surface area contributed by atoms with Crippen LogP contribution in [-0.2, 0) is 11.3 Å². The van der Waals surface area contributed by atoms with Gasteiger partial charge in [-0.15, -0.1) is 0 Å². The van der Waals surface area contributed by atoms with Gasteiger partial charge in [0.15, 0.2) is 0 Å². The first kappa shape index (κ1) is 17.8. The van der Waals surface area contributed by atoms with Crippen molar-refractivity contribution >= 4 is 33.5 Å². The van der Waals surface area contributed by atoms with E-state index in [-0.39, 0.29) is 12.5 Å². The predicted molar refractivity (Wildman–Crippen MR) is 107 cm³/mol. The molecule has 28 heavy (non-hydrogen) atoms. The van der Waals surface area contributed by atoms with Crippen LogP contribution >= 0.6 is 0 Å². The number of nitrogens with zero attached hydrogens (tertiary/aromatic N) is 3. The van der Waals surface area contributed by atoms with Gasteiger partial charge >= 0.3 is 5.63 Å². The van der Waals surface area contributed by atoms with Crippen LogP contribution in [0.15, 0.2) is 57.9 Å². The van der Waals surface area contributed by atoms with Crippen molar-refractivity contribution < 1.29 is 13.9 Å². The van der Waals surface area contributed by atoms with Gasteiger partial charge in [-0.2, -0.15) is 5.10 Å². The van der Waals surface area contributed by atoms with Gasteiger partial charge in [-0.05, 0) is 43.3 Å². The Hall–Kier alpha value is -3.61. The maximum atomic E-state index is 12.8. The molecule has 0 aliphatic heterocycles. The molecule has 2 heterocycles. The Kier molecular flexibility index (Phi) is 4.35. The van der Waals surface area contributed by atoms with Gasteiger partial charge in [0.25, 0.3) is 0 Å². The molecule has 142 valence electrons. The Bertz CT molecular complexity index is 1240. The lowest BCUT2D eigenvalue weighted by Crippen LogP contribution is -2.30. The molecule has 0 aliphatic carbocycles. The van der Waals surface area contributed by atoms with Crippen LogP contribution < -0.4 is 15.3 Å². The lowest BCUT2D eigenvalue weighted by molar-refractivity contribution is -0.119. The highest BCUT2D eigenvalue weighted by Gasteiger charge is 2.18. The summed E-state index contributed by atoms with van der Waals surface area (Å²) in [6, 6.07) is 12.8. The third-order valence-corrected chi connectivity index (χ3v) is 4.77. The summed E-state index contributed by atoms with van der Waals surface area (Å²) in [5, 5.41) is 5.38. The standard InChI is InChI=1S/C21H19N3O4/c1-13-4-9-18-16(10-13)20-17(21(26)28-18)11-22-24(20)12-19(25)23(2)14-5-7-15(27-3)8-6-14/h4-11H,12H2,1-3H3. The Morgan fingerprint density at radius 3 is 2.64 bits per heavy atom. The SMILES string of the molecule is COc1ccc(N(C)C(=O)Cn2ncc3c(=O)oc4ccc(C)cc4c32)cc1. The van der Waals surface area contributed by atoms with Crippen LogP contribution in [0.2, 0.25) is 0 Å². The topological polar surface area (TPSA) is 77.6 Å². The van der Waals surface area contributed by atoms with Crippen molar-refractivity contribution in [2.24, 2.45) is 0 Å². The van der Waals surface area contributed by atoms with E-state index in [0.717, 1.165) is 22.4 Å². The van der Waals surface area contributed by atoms with Crippen molar-refractivity contribution in [1.82, 2.24) is 9.78 Å². The van der Waals surface area contributed by atoms with E-state index in [1.54, 1.807) is 41.9 Å². The number of aromatic nitrogens is 2. The molecule has 0 unspecified atom stereocenters. The summed E-state index contributed by atoms with van der Waals surface area (Å²) in [6.45, 7) is 1.96. The largest absolute Gasteiger partial charge is 0.497 e. The van der Waals surface area contributed by atoms with Crippen molar-refractivity contribution in [3.8, 4) is 5.75 Å². The summed E-state index contributed by atoms with van der Waals surface area (Å²) in [7, 11) is 3.29. The third-order valence-electron chi connectivity index (χ3n) is 4.77. The smallest absolute Gasteiger partial charge is 0.347 e. The first-order valence-electron chi connectivity index (χ1n) is 8.77. The molecule has 0 fully saturated rings. The molecule has 0 atom stereocenters. The zero-order valence-corrected chi connectivity index (χ0v) is 15.8. The number of hydrogen-bond donors (Lipinski definition) is 0. The number of benzene rings is 2. The minimum absolute atomic E-state index is 0.00146. The van der Waals surface area contributed by atoms with Crippen molar-refractivity contribution in [3.63, 3.8) is 0 Å². The summed E-state index contributed by atoms with van der Waals surface area (Å²) in [6.07, 6.45) is 1.45. The average molecular weight is 377 g/mol. The highest BCUT2D eigenvalue weighted by atomic mass is 16.5. The number of aryl methyl sites for hydroxylation is 1. The Morgan fingerprint density at radius 1 is 1.18 bits per heavy atom. The molecule has 4 rings (SSSR count). The second kappa shape index (κ2) is 6.84. The molecule has 4 aromatic rings. The monoisotopic (exact) mass is 377 g/mol. The maximum Gasteiger partial charge on any atom is 0.347 e. The summed E-state index contributed by atoms with van der Waals surface area (Å²) in [4.78, 5) is 26.6. The number of rotatable bonds is 4. The third kappa shape index (κ3) is 3.00. The van der Waals surface area contributed by atoms with E-state index in [9.17, 15) is 9.59 Å². The number of amides is 1. The molecule has 7 heteroatoms. The number of methoxy groups -OCH3 is 1. The molecule has 0 N–H and O–H groups in total. The van der Waals surface area contributed by atoms with Gasteiger partial charge in [-0.25, -0.2) is 4.79 Å². The zero-order chi connectivity index (χ0) is 19.8. The van der Waals surface area contributed by atoms with Crippen molar-refractivity contribution in [2.45, 2.75) is 13.5 Å². The van der Waals surface area contributed by atoms with E-state index in [1.807, 2.05) is 31.2 Å². The quantitative estimate of drug-likeness (QED) is 0.511. The molecule has 0 radical (unpaired) electrons. The van der Waals surface area contributed by atoms with Crippen molar-refractivity contribution in [2.75, 3.05) is 19.1 Å². The molecule has 0 spiro atoms. The predicted octanol–water partition coefficient (Wildman–Crippen LogP) is 3.12. The minimum atomic E-state index is -0.464. The molecule has 2 aromatic carbocycles. The number of ether oxygens (including phenoxy) is 1. The Morgan fingerprint density at radius 2 is 1.93 bits per heavy atom. The van der Waals surface area contributed by atoms with Gasteiger partial charge in [-0.1, -0.05) is 11.6 Å². The normalized spacial score (nSPS) is 11.1.